The van der Waals surface area contributed by atoms with Crippen molar-refractivity contribution in [2.45, 2.75) is 18.1 Å². The SMILES string of the molecule is O=C(c1ccc(-c2ccccc2)cc1)N1CCN(S(=O)(=O)C2CC2)CC1. The summed E-state index contributed by atoms with van der Waals surface area (Å²) in [7, 11) is -3.14. The average Bonchev–Trinajstić information content (AvgIpc) is 3.54. The zero-order valence-electron chi connectivity index (χ0n) is 14.5. The Labute approximate surface area is 154 Å². The summed E-state index contributed by atoms with van der Waals surface area (Å²) in [5.41, 5.74) is 2.83. The zero-order chi connectivity index (χ0) is 18.1. The van der Waals surface area contributed by atoms with Crippen LogP contribution in [0.4, 0.5) is 0 Å². The molecule has 0 unspecified atom stereocenters. The summed E-state index contributed by atoms with van der Waals surface area (Å²) in [6, 6.07) is 17.6. The molecule has 1 aliphatic carbocycles. The third kappa shape index (κ3) is 3.39. The number of nitrogens with zero attached hydrogens (tertiary/aromatic N) is 2. The Balaban J connectivity index is 1.41. The summed E-state index contributed by atoms with van der Waals surface area (Å²) in [4.78, 5) is 14.5. The second kappa shape index (κ2) is 6.85. The van der Waals surface area contributed by atoms with Crippen molar-refractivity contribution in [2.24, 2.45) is 0 Å². The Morgan fingerprint density at radius 2 is 1.38 bits per heavy atom. The number of amides is 1. The maximum atomic E-state index is 12.7. The van der Waals surface area contributed by atoms with Crippen LogP contribution in [-0.4, -0.2) is 55.0 Å². The molecule has 1 aliphatic heterocycles. The van der Waals surface area contributed by atoms with Crippen LogP contribution < -0.4 is 0 Å². The van der Waals surface area contributed by atoms with E-state index < -0.39 is 10.0 Å². The topological polar surface area (TPSA) is 57.7 Å². The standard InChI is InChI=1S/C20H22N2O3S/c23-20(18-8-6-17(7-9-18)16-4-2-1-3-5-16)21-12-14-22(15-13-21)26(24,25)19-10-11-19/h1-9,19H,10-15H2. The molecule has 0 atom stereocenters. The number of hydrogen-bond donors (Lipinski definition) is 0. The minimum absolute atomic E-state index is 0.0342. The molecule has 0 spiro atoms. The molecule has 2 aromatic carbocycles. The lowest BCUT2D eigenvalue weighted by atomic mass is 10.0. The van der Waals surface area contributed by atoms with E-state index in [1.54, 1.807) is 9.21 Å². The van der Waals surface area contributed by atoms with Gasteiger partial charge in [0.05, 0.1) is 5.25 Å². The largest absolute Gasteiger partial charge is 0.336 e. The molecule has 26 heavy (non-hydrogen) atoms. The maximum Gasteiger partial charge on any atom is 0.253 e. The summed E-state index contributed by atoms with van der Waals surface area (Å²) in [6.07, 6.45) is 1.55. The first-order chi connectivity index (χ1) is 12.6. The van der Waals surface area contributed by atoms with Gasteiger partial charge in [0.25, 0.3) is 5.91 Å². The molecular weight excluding hydrogens is 348 g/mol. The van der Waals surface area contributed by atoms with Gasteiger partial charge in [0, 0.05) is 31.7 Å². The summed E-state index contributed by atoms with van der Waals surface area (Å²) >= 11 is 0. The van der Waals surface area contributed by atoms with E-state index in [1.165, 1.54) is 0 Å². The van der Waals surface area contributed by atoms with Gasteiger partial charge in [-0.2, -0.15) is 4.31 Å². The molecule has 6 heteroatoms. The van der Waals surface area contributed by atoms with E-state index in [1.807, 2.05) is 54.6 Å². The van der Waals surface area contributed by atoms with E-state index in [4.69, 9.17) is 0 Å². The molecule has 2 aromatic rings. The van der Waals surface area contributed by atoms with Gasteiger partial charge in [0.1, 0.15) is 0 Å². The third-order valence-corrected chi connectivity index (χ3v) is 7.47. The summed E-state index contributed by atoms with van der Waals surface area (Å²) in [6.45, 7) is 1.69. The molecule has 2 aliphatic rings. The van der Waals surface area contributed by atoms with Crippen molar-refractivity contribution in [1.29, 1.82) is 0 Å². The van der Waals surface area contributed by atoms with Gasteiger partial charge in [0.2, 0.25) is 10.0 Å². The number of carbonyl (C=O) groups excluding carboxylic acids is 1. The third-order valence-electron chi connectivity index (χ3n) is 5.07. The second-order valence-corrected chi connectivity index (χ2v) is 9.09. The maximum absolute atomic E-state index is 12.7. The van der Waals surface area contributed by atoms with Crippen LogP contribution in [0.5, 0.6) is 0 Å². The first kappa shape index (κ1) is 17.2. The number of benzene rings is 2. The molecule has 5 nitrogen and oxygen atoms in total. The van der Waals surface area contributed by atoms with E-state index in [-0.39, 0.29) is 11.2 Å². The zero-order valence-corrected chi connectivity index (χ0v) is 15.4. The fraction of sp³-hybridized carbons (Fsp3) is 0.350. The Hall–Kier alpha value is -2.18. The summed E-state index contributed by atoms with van der Waals surface area (Å²) < 4.78 is 26.1. The van der Waals surface area contributed by atoms with Crippen LogP contribution in [0, 0.1) is 0 Å². The lowest BCUT2D eigenvalue weighted by Gasteiger charge is -2.34. The molecule has 0 bridgehead atoms. The van der Waals surface area contributed by atoms with Crippen molar-refractivity contribution in [2.75, 3.05) is 26.2 Å². The van der Waals surface area contributed by atoms with Crippen LogP contribution in [0.3, 0.4) is 0 Å². The first-order valence-corrected chi connectivity index (χ1v) is 10.5. The molecule has 0 aromatic heterocycles. The molecule has 4 rings (SSSR count). The molecule has 0 radical (unpaired) electrons. The molecule has 1 saturated carbocycles. The predicted molar refractivity (Wildman–Crippen MR) is 101 cm³/mol. The monoisotopic (exact) mass is 370 g/mol. The predicted octanol–water partition coefficient (Wildman–Crippen LogP) is 2.60. The second-order valence-electron chi connectivity index (χ2n) is 6.88. The Bertz CT molecular complexity index is 882. The Morgan fingerprint density at radius 1 is 0.808 bits per heavy atom. The van der Waals surface area contributed by atoms with Crippen LogP contribution in [0.15, 0.2) is 54.6 Å². The number of carbonyl (C=O) groups is 1. The smallest absolute Gasteiger partial charge is 0.253 e. The quantitative estimate of drug-likeness (QED) is 0.831. The van der Waals surface area contributed by atoms with Crippen molar-refractivity contribution in [3.05, 3.63) is 60.2 Å². The lowest BCUT2D eigenvalue weighted by Crippen LogP contribution is -2.51. The molecular formula is C20H22N2O3S. The number of piperazine rings is 1. The van der Waals surface area contributed by atoms with Crippen molar-refractivity contribution >= 4 is 15.9 Å². The van der Waals surface area contributed by atoms with Gasteiger partial charge in [-0.3, -0.25) is 4.79 Å². The van der Waals surface area contributed by atoms with Gasteiger partial charge in [-0.05, 0) is 36.1 Å². The van der Waals surface area contributed by atoms with Gasteiger partial charge in [-0.15, -0.1) is 0 Å². The van der Waals surface area contributed by atoms with Crippen LogP contribution >= 0.6 is 0 Å². The van der Waals surface area contributed by atoms with Gasteiger partial charge in [0.15, 0.2) is 0 Å². The van der Waals surface area contributed by atoms with E-state index in [0.717, 1.165) is 24.0 Å². The first-order valence-electron chi connectivity index (χ1n) is 8.99. The minimum atomic E-state index is -3.14. The molecule has 1 amide bonds. The molecule has 136 valence electrons. The number of sulfonamides is 1. The highest BCUT2D eigenvalue weighted by atomic mass is 32.2. The van der Waals surface area contributed by atoms with E-state index in [9.17, 15) is 13.2 Å². The van der Waals surface area contributed by atoms with E-state index >= 15 is 0 Å². The molecule has 1 saturated heterocycles. The van der Waals surface area contributed by atoms with Crippen molar-refractivity contribution in [3.8, 4) is 11.1 Å². The van der Waals surface area contributed by atoms with Crippen molar-refractivity contribution in [3.63, 3.8) is 0 Å². The van der Waals surface area contributed by atoms with Gasteiger partial charge >= 0.3 is 0 Å². The highest BCUT2D eigenvalue weighted by Crippen LogP contribution is 2.31. The van der Waals surface area contributed by atoms with Crippen LogP contribution in [0.25, 0.3) is 11.1 Å². The fourth-order valence-electron chi connectivity index (χ4n) is 3.34. The fourth-order valence-corrected chi connectivity index (χ4v) is 5.17. The van der Waals surface area contributed by atoms with Crippen LogP contribution in [-0.2, 0) is 10.0 Å². The van der Waals surface area contributed by atoms with Gasteiger partial charge in [-0.25, -0.2) is 8.42 Å². The summed E-state index contributed by atoms with van der Waals surface area (Å²) in [5, 5.41) is -0.185. The number of hydrogen-bond acceptors (Lipinski definition) is 3. The average molecular weight is 370 g/mol. The normalized spacial score (nSPS) is 18.7. The van der Waals surface area contributed by atoms with Crippen molar-refractivity contribution < 1.29 is 13.2 Å². The molecule has 1 heterocycles. The molecule has 0 N–H and O–H groups in total. The Kier molecular flexibility index (Phi) is 4.54. The van der Waals surface area contributed by atoms with Crippen LogP contribution in [0.2, 0.25) is 0 Å². The van der Waals surface area contributed by atoms with Crippen LogP contribution in [0.1, 0.15) is 23.2 Å². The number of rotatable bonds is 4. The van der Waals surface area contributed by atoms with E-state index in [2.05, 4.69) is 0 Å². The molecule has 2 fully saturated rings. The van der Waals surface area contributed by atoms with Gasteiger partial charge < -0.3 is 4.90 Å². The van der Waals surface area contributed by atoms with Crippen molar-refractivity contribution in [1.82, 2.24) is 9.21 Å². The summed E-state index contributed by atoms with van der Waals surface area (Å²) in [5.74, 6) is -0.0342. The lowest BCUT2D eigenvalue weighted by molar-refractivity contribution is 0.0698. The Morgan fingerprint density at radius 3 is 1.96 bits per heavy atom. The van der Waals surface area contributed by atoms with Gasteiger partial charge in [-0.1, -0.05) is 42.5 Å². The minimum Gasteiger partial charge on any atom is -0.336 e. The highest BCUT2D eigenvalue weighted by Gasteiger charge is 2.41. The highest BCUT2D eigenvalue weighted by molar-refractivity contribution is 7.90. The van der Waals surface area contributed by atoms with E-state index in [0.29, 0.717) is 31.7 Å².